The van der Waals surface area contributed by atoms with Crippen molar-refractivity contribution in [3.63, 3.8) is 0 Å². The van der Waals surface area contributed by atoms with E-state index in [4.69, 9.17) is 0 Å². The van der Waals surface area contributed by atoms with Gasteiger partial charge >= 0.3 is 0 Å². The highest BCUT2D eigenvalue weighted by molar-refractivity contribution is 5.39. The van der Waals surface area contributed by atoms with Gasteiger partial charge in [-0.3, -0.25) is 19.6 Å². The second-order valence-electron chi connectivity index (χ2n) is 8.24. The van der Waals surface area contributed by atoms with Crippen molar-refractivity contribution in [2.24, 2.45) is 0 Å². The van der Waals surface area contributed by atoms with Crippen molar-refractivity contribution in [2.75, 3.05) is 52.4 Å². The summed E-state index contributed by atoms with van der Waals surface area (Å²) in [7, 11) is 0. The summed E-state index contributed by atoms with van der Waals surface area (Å²) < 4.78 is 0. The quantitative estimate of drug-likeness (QED) is 0.372. The van der Waals surface area contributed by atoms with Gasteiger partial charge in [-0.25, -0.2) is 0 Å². The highest BCUT2D eigenvalue weighted by Crippen LogP contribution is 2.24. The molecule has 0 aliphatic rings. The third-order valence-corrected chi connectivity index (χ3v) is 6.68. The van der Waals surface area contributed by atoms with Crippen molar-refractivity contribution in [3.8, 4) is 0 Å². The van der Waals surface area contributed by atoms with Crippen molar-refractivity contribution in [2.45, 2.75) is 81.6 Å². The highest BCUT2D eigenvalue weighted by atomic mass is 15.1. The van der Waals surface area contributed by atoms with E-state index in [0.717, 1.165) is 78.5 Å². The molecule has 1 aromatic carbocycles. The Balaban J connectivity index is 3.45. The van der Waals surface area contributed by atoms with Crippen molar-refractivity contribution < 1.29 is 0 Å². The first-order chi connectivity index (χ1) is 14.5. The Labute approximate surface area is 188 Å². The molecule has 0 aliphatic heterocycles. The maximum atomic E-state index is 2.55. The van der Waals surface area contributed by atoms with E-state index in [9.17, 15) is 0 Å². The van der Waals surface area contributed by atoms with Crippen molar-refractivity contribution in [1.82, 2.24) is 19.6 Å². The van der Waals surface area contributed by atoms with Gasteiger partial charge in [0.1, 0.15) is 0 Å². The predicted molar refractivity (Wildman–Crippen MR) is 133 cm³/mol. The molecular formula is C26H50N4. The van der Waals surface area contributed by atoms with Gasteiger partial charge in [-0.1, -0.05) is 67.5 Å². The molecule has 0 bridgehead atoms. The van der Waals surface area contributed by atoms with Gasteiger partial charge < -0.3 is 0 Å². The van der Waals surface area contributed by atoms with E-state index < -0.39 is 0 Å². The smallest absolute Gasteiger partial charge is 0.0236 e. The predicted octanol–water partition coefficient (Wildman–Crippen LogP) is 5.05. The van der Waals surface area contributed by atoms with Crippen LogP contribution < -0.4 is 0 Å². The molecule has 0 N–H and O–H groups in total. The van der Waals surface area contributed by atoms with Crippen LogP contribution in [-0.2, 0) is 26.2 Å². The third-order valence-electron chi connectivity index (χ3n) is 6.68. The lowest BCUT2D eigenvalue weighted by Gasteiger charge is -2.28. The second kappa shape index (κ2) is 15.0. The van der Waals surface area contributed by atoms with Crippen LogP contribution in [0.4, 0.5) is 0 Å². The molecule has 0 amide bonds. The average Bonchev–Trinajstić information content (AvgIpc) is 2.78. The molecule has 0 unspecified atom stereocenters. The summed E-state index contributed by atoms with van der Waals surface area (Å²) in [5, 5.41) is 0. The summed E-state index contributed by atoms with van der Waals surface area (Å²) in [6.45, 7) is 31.3. The van der Waals surface area contributed by atoms with Gasteiger partial charge in [0.25, 0.3) is 0 Å². The van der Waals surface area contributed by atoms with E-state index in [1.165, 1.54) is 22.3 Å². The maximum absolute atomic E-state index is 2.55. The average molecular weight is 419 g/mol. The zero-order valence-corrected chi connectivity index (χ0v) is 21.4. The number of rotatable bonds is 16. The van der Waals surface area contributed by atoms with Crippen LogP contribution in [0, 0.1) is 0 Å². The Kier molecular flexibility index (Phi) is 13.5. The van der Waals surface area contributed by atoms with Gasteiger partial charge in [-0.15, -0.1) is 0 Å². The van der Waals surface area contributed by atoms with Crippen LogP contribution in [0.5, 0.6) is 0 Å². The summed E-state index contributed by atoms with van der Waals surface area (Å²) in [6, 6.07) is 5.10. The molecule has 1 aromatic rings. The van der Waals surface area contributed by atoms with E-state index in [-0.39, 0.29) is 0 Å². The van der Waals surface area contributed by atoms with Gasteiger partial charge in [0.2, 0.25) is 0 Å². The largest absolute Gasteiger partial charge is 0.300 e. The molecule has 30 heavy (non-hydrogen) atoms. The lowest BCUT2D eigenvalue weighted by atomic mass is 9.96. The summed E-state index contributed by atoms with van der Waals surface area (Å²) >= 11 is 0. The first-order valence-electron chi connectivity index (χ1n) is 12.5. The molecule has 174 valence electrons. The first kappa shape index (κ1) is 27.1. The number of nitrogens with zero attached hydrogens (tertiary/aromatic N) is 4. The molecule has 0 saturated heterocycles. The van der Waals surface area contributed by atoms with Crippen LogP contribution in [0.25, 0.3) is 0 Å². The summed E-state index contributed by atoms with van der Waals surface area (Å²) in [6.07, 6.45) is 0. The molecule has 0 atom stereocenters. The van der Waals surface area contributed by atoms with Crippen LogP contribution >= 0.6 is 0 Å². The Morgan fingerprint density at radius 1 is 0.367 bits per heavy atom. The minimum Gasteiger partial charge on any atom is -0.300 e. The molecule has 0 aromatic heterocycles. The fourth-order valence-corrected chi connectivity index (χ4v) is 4.13. The van der Waals surface area contributed by atoms with Crippen LogP contribution in [0.3, 0.4) is 0 Å². The normalized spacial score (nSPS) is 12.1. The monoisotopic (exact) mass is 418 g/mol. The van der Waals surface area contributed by atoms with Crippen LogP contribution in [0.15, 0.2) is 12.1 Å². The van der Waals surface area contributed by atoms with Gasteiger partial charge in [0.15, 0.2) is 0 Å². The molecular weight excluding hydrogens is 368 g/mol. The summed E-state index contributed by atoms with van der Waals surface area (Å²) in [5.74, 6) is 0. The molecule has 0 spiro atoms. The minimum absolute atomic E-state index is 1.06. The fraction of sp³-hybridized carbons (Fsp3) is 0.769. The summed E-state index contributed by atoms with van der Waals surface area (Å²) in [5.41, 5.74) is 6.10. The number of hydrogen-bond acceptors (Lipinski definition) is 4. The molecule has 0 heterocycles. The van der Waals surface area contributed by atoms with Crippen molar-refractivity contribution >= 4 is 0 Å². The molecule has 0 radical (unpaired) electrons. The molecule has 0 aliphatic carbocycles. The Hall–Kier alpha value is -0.940. The Morgan fingerprint density at radius 3 is 0.667 bits per heavy atom. The number of hydrogen-bond donors (Lipinski definition) is 0. The van der Waals surface area contributed by atoms with Crippen LogP contribution in [-0.4, -0.2) is 72.0 Å². The molecule has 0 saturated carbocycles. The summed E-state index contributed by atoms with van der Waals surface area (Å²) in [4.78, 5) is 10.2. The lowest BCUT2D eigenvalue weighted by Crippen LogP contribution is -2.29. The van der Waals surface area contributed by atoms with Crippen molar-refractivity contribution in [1.29, 1.82) is 0 Å². The van der Waals surface area contributed by atoms with E-state index in [1.807, 2.05) is 0 Å². The molecule has 0 fully saturated rings. The highest BCUT2D eigenvalue weighted by Gasteiger charge is 2.16. The van der Waals surface area contributed by atoms with Gasteiger partial charge in [-0.2, -0.15) is 0 Å². The first-order valence-corrected chi connectivity index (χ1v) is 12.5. The second-order valence-corrected chi connectivity index (χ2v) is 8.24. The SMILES string of the molecule is CCN(CC)Cc1cc(CN(CC)CC)c(CN(CC)CC)cc1CN(CC)CC. The Bertz CT molecular complexity index is 472. The number of benzene rings is 1. The third kappa shape index (κ3) is 8.30. The van der Waals surface area contributed by atoms with Gasteiger partial charge in [0, 0.05) is 26.2 Å². The maximum Gasteiger partial charge on any atom is 0.0236 e. The van der Waals surface area contributed by atoms with Gasteiger partial charge in [0.05, 0.1) is 0 Å². The molecule has 4 nitrogen and oxygen atoms in total. The van der Waals surface area contributed by atoms with E-state index >= 15 is 0 Å². The zero-order valence-electron chi connectivity index (χ0n) is 21.4. The molecule has 1 rings (SSSR count). The van der Waals surface area contributed by atoms with E-state index in [0.29, 0.717) is 0 Å². The van der Waals surface area contributed by atoms with E-state index in [2.05, 4.69) is 87.1 Å². The zero-order chi connectivity index (χ0) is 22.5. The fourth-order valence-electron chi connectivity index (χ4n) is 4.13. The Morgan fingerprint density at radius 2 is 0.533 bits per heavy atom. The van der Waals surface area contributed by atoms with Crippen LogP contribution in [0.2, 0.25) is 0 Å². The topological polar surface area (TPSA) is 13.0 Å². The van der Waals surface area contributed by atoms with Crippen LogP contribution in [0.1, 0.15) is 77.6 Å². The minimum atomic E-state index is 1.06. The van der Waals surface area contributed by atoms with E-state index in [1.54, 1.807) is 0 Å². The van der Waals surface area contributed by atoms with Crippen molar-refractivity contribution in [3.05, 3.63) is 34.4 Å². The standard InChI is InChI=1S/C26H50N4/c1-9-27(10-2)19-23-17-25(21-29(13-5)14-6)26(22-30(15-7)16-8)18-24(23)20-28(11-3)12-4/h17-18H,9-16,19-22H2,1-8H3. The molecule has 4 heteroatoms. The lowest BCUT2D eigenvalue weighted by molar-refractivity contribution is 0.273. The van der Waals surface area contributed by atoms with Gasteiger partial charge in [-0.05, 0) is 74.6 Å².